The number of hydrogen-bond donors (Lipinski definition) is 1. The molecule has 0 atom stereocenters. The summed E-state index contributed by atoms with van der Waals surface area (Å²) in [6, 6.07) is 26.3. The summed E-state index contributed by atoms with van der Waals surface area (Å²) in [7, 11) is -3.80. The Morgan fingerprint density at radius 1 is 0.887 bits per heavy atom. The average Bonchev–Trinajstić information content (AvgIpc) is 3.87. The van der Waals surface area contributed by atoms with Gasteiger partial charge in [0.15, 0.2) is 16.0 Å². The van der Waals surface area contributed by atoms with E-state index in [0.29, 0.717) is 27.2 Å². The van der Waals surface area contributed by atoms with Gasteiger partial charge < -0.3 is 10.2 Å². The Labute approximate surface area is 316 Å². The van der Waals surface area contributed by atoms with Gasteiger partial charge in [0.1, 0.15) is 5.01 Å². The molecule has 0 unspecified atom stereocenters. The predicted molar refractivity (Wildman–Crippen MR) is 207 cm³/mol. The smallest absolute Gasteiger partial charge is 0.261 e. The lowest BCUT2D eigenvalue weighted by Crippen LogP contribution is -2.50. The van der Waals surface area contributed by atoms with Crippen LogP contribution < -0.4 is 5.32 Å². The van der Waals surface area contributed by atoms with Gasteiger partial charge in [-0.1, -0.05) is 55.1 Å². The second-order valence-electron chi connectivity index (χ2n) is 12.3. The van der Waals surface area contributed by atoms with Crippen molar-refractivity contribution in [3.05, 3.63) is 119 Å². The van der Waals surface area contributed by atoms with Crippen molar-refractivity contribution in [1.82, 2.24) is 33.9 Å². The van der Waals surface area contributed by atoms with Crippen LogP contribution in [0.25, 0.3) is 27.6 Å². The van der Waals surface area contributed by atoms with Gasteiger partial charge in [-0.15, -0.1) is 21.5 Å². The van der Waals surface area contributed by atoms with Crippen molar-refractivity contribution < 1.29 is 18.0 Å². The summed E-state index contributed by atoms with van der Waals surface area (Å²) < 4.78 is 30.1. The number of thiazole rings is 1. The molecule has 53 heavy (non-hydrogen) atoms. The Morgan fingerprint density at radius 3 is 2.30 bits per heavy atom. The Bertz CT molecular complexity index is 2340. The monoisotopic (exact) mass is 764 g/mol. The number of anilines is 1. The number of aromatic nitrogens is 5. The molecule has 1 aliphatic heterocycles. The molecule has 270 valence electrons. The van der Waals surface area contributed by atoms with Crippen LogP contribution in [0.15, 0.2) is 113 Å². The number of nitrogens with one attached hydrogen (secondary N) is 1. The Hall–Kier alpha value is -5.22. The normalized spacial score (nSPS) is 13.6. The van der Waals surface area contributed by atoms with E-state index in [1.54, 1.807) is 46.9 Å². The first-order valence-electron chi connectivity index (χ1n) is 17.0. The van der Waals surface area contributed by atoms with E-state index in [-0.39, 0.29) is 48.8 Å². The van der Waals surface area contributed by atoms with Gasteiger partial charge in [0.25, 0.3) is 15.9 Å². The molecule has 15 heteroatoms. The van der Waals surface area contributed by atoms with Gasteiger partial charge in [-0.05, 0) is 73.0 Å². The minimum absolute atomic E-state index is 0.0230. The second kappa shape index (κ2) is 15.8. The molecule has 1 saturated heterocycles. The van der Waals surface area contributed by atoms with Gasteiger partial charge in [-0.25, -0.2) is 13.4 Å². The number of thioether (sulfide) groups is 1. The molecular formula is C38H36N8O4S3. The van der Waals surface area contributed by atoms with E-state index in [2.05, 4.69) is 44.5 Å². The topological polar surface area (TPSA) is 143 Å². The van der Waals surface area contributed by atoms with Crippen LogP contribution in [0.1, 0.15) is 28.4 Å². The fourth-order valence-electron chi connectivity index (χ4n) is 5.95. The minimum atomic E-state index is -3.80. The summed E-state index contributed by atoms with van der Waals surface area (Å²) in [6.45, 7) is 4.90. The molecule has 0 spiro atoms. The molecule has 7 rings (SSSR count). The molecule has 4 heterocycles. The quantitative estimate of drug-likeness (QED) is 0.153. The number of hydrogen-bond acceptors (Lipinski definition) is 10. The molecule has 1 aliphatic rings. The first-order valence-corrected chi connectivity index (χ1v) is 20.3. The fourth-order valence-corrected chi connectivity index (χ4v) is 9.28. The zero-order chi connectivity index (χ0) is 37.0. The molecule has 0 radical (unpaired) electrons. The summed E-state index contributed by atoms with van der Waals surface area (Å²) in [5, 5.41) is 14.6. The molecule has 0 saturated carbocycles. The van der Waals surface area contributed by atoms with E-state index in [4.69, 9.17) is 0 Å². The van der Waals surface area contributed by atoms with Gasteiger partial charge in [0.05, 0.1) is 5.75 Å². The van der Waals surface area contributed by atoms with Crippen molar-refractivity contribution in [3.63, 3.8) is 0 Å². The number of pyridine rings is 1. The van der Waals surface area contributed by atoms with Crippen LogP contribution in [0, 0.1) is 6.92 Å². The third kappa shape index (κ3) is 7.93. The highest BCUT2D eigenvalue weighted by atomic mass is 32.2. The van der Waals surface area contributed by atoms with E-state index in [9.17, 15) is 18.0 Å². The zero-order valence-electron chi connectivity index (χ0n) is 29.0. The summed E-state index contributed by atoms with van der Waals surface area (Å²) in [4.78, 5) is 36.6. The molecule has 3 aromatic heterocycles. The third-order valence-corrected chi connectivity index (χ3v) is 12.6. The molecule has 0 bridgehead atoms. The molecule has 3 aromatic carbocycles. The summed E-state index contributed by atoms with van der Waals surface area (Å²) in [5.74, 6) is 0.291. The number of carbonyl (C=O) groups excluding carboxylic acids is 2. The number of amides is 2. The first kappa shape index (κ1) is 36.2. The zero-order valence-corrected chi connectivity index (χ0v) is 31.5. The second-order valence-corrected chi connectivity index (χ2v) is 16.0. The number of sulfonamides is 1. The van der Waals surface area contributed by atoms with Gasteiger partial charge in [0.2, 0.25) is 5.91 Å². The SMILES string of the molecule is CCc1ccc(-n2c(SCC(=O)Nc3ccc(C(=O)N4CCN(S(=O)(=O)c5csc(-c6ccccc6C)n5)CC4)cc3)nnc2-c2ccncc2)cc1. The summed E-state index contributed by atoms with van der Waals surface area (Å²) in [6.07, 6.45) is 4.33. The molecule has 12 nitrogen and oxygen atoms in total. The average molecular weight is 765 g/mol. The van der Waals surface area contributed by atoms with Crippen molar-refractivity contribution in [2.45, 2.75) is 30.5 Å². The van der Waals surface area contributed by atoms with Crippen LogP contribution in [0.3, 0.4) is 0 Å². The molecule has 1 fully saturated rings. The fraction of sp³-hybridized carbons (Fsp3) is 0.211. The predicted octanol–water partition coefficient (Wildman–Crippen LogP) is 6.20. The minimum Gasteiger partial charge on any atom is -0.336 e. The van der Waals surface area contributed by atoms with Gasteiger partial charge in [-0.3, -0.25) is 19.1 Å². The maximum absolute atomic E-state index is 13.4. The van der Waals surface area contributed by atoms with Crippen LogP contribution in [0.5, 0.6) is 0 Å². The van der Waals surface area contributed by atoms with Crippen molar-refractivity contribution in [2.75, 3.05) is 37.2 Å². The molecule has 2 amide bonds. The van der Waals surface area contributed by atoms with E-state index in [1.807, 2.05) is 60.0 Å². The third-order valence-electron chi connectivity index (χ3n) is 8.91. The Balaban J connectivity index is 0.944. The maximum Gasteiger partial charge on any atom is 0.261 e. The molecule has 6 aromatic rings. The highest BCUT2D eigenvalue weighted by Gasteiger charge is 2.32. The van der Waals surface area contributed by atoms with Crippen molar-refractivity contribution in [3.8, 4) is 27.6 Å². The highest BCUT2D eigenvalue weighted by molar-refractivity contribution is 7.99. The Morgan fingerprint density at radius 2 is 1.60 bits per heavy atom. The lowest BCUT2D eigenvalue weighted by molar-refractivity contribution is -0.113. The van der Waals surface area contributed by atoms with Crippen LogP contribution in [-0.4, -0.2) is 86.1 Å². The number of rotatable bonds is 11. The standard InChI is InChI=1S/C38H36N8O4S3/c1-3-27-8-14-31(15-9-27)46-35(28-16-18-39-19-17-28)42-43-38(46)52-24-33(47)40-30-12-10-29(11-13-30)37(48)44-20-22-45(23-21-44)53(49,50)34-25-51-36(41-34)32-7-5-4-6-26(32)2/h4-19,25H,3,20-24H2,1-2H3,(H,40,47). The number of nitrogens with zero attached hydrogens (tertiary/aromatic N) is 7. The van der Waals surface area contributed by atoms with Crippen molar-refractivity contribution >= 4 is 50.6 Å². The van der Waals surface area contributed by atoms with Crippen molar-refractivity contribution in [2.24, 2.45) is 0 Å². The van der Waals surface area contributed by atoms with Gasteiger partial charge >= 0.3 is 0 Å². The number of carbonyl (C=O) groups is 2. The lowest BCUT2D eigenvalue weighted by atomic mass is 10.1. The van der Waals surface area contributed by atoms with Crippen molar-refractivity contribution in [1.29, 1.82) is 0 Å². The summed E-state index contributed by atoms with van der Waals surface area (Å²) in [5.41, 5.74) is 5.87. The lowest BCUT2D eigenvalue weighted by Gasteiger charge is -2.33. The van der Waals surface area contributed by atoms with Crippen LogP contribution in [0.2, 0.25) is 0 Å². The first-order chi connectivity index (χ1) is 25.7. The van der Waals surface area contributed by atoms with Gasteiger partial charge in [-0.2, -0.15) is 4.31 Å². The van der Waals surface area contributed by atoms with E-state index < -0.39 is 10.0 Å². The highest BCUT2D eigenvalue weighted by Crippen LogP contribution is 2.31. The summed E-state index contributed by atoms with van der Waals surface area (Å²) >= 11 is 2.57. The number of piperazine rings is 1. The number of aryl methyl sites for hydroxylation is 2. The van der Waals surface area contributed by atoms with Crippen LogP contribution in [0.4, 0.5) is 5.69 Å². The van der Waals surface area contributed by atoms with Gasteiger partial charge in [0, 0.05) is 72.0 Å². The largest absolute Gasteiger partial charge is 0.336 e. The van der Waals surface area contributed by atoms with Crippen LogP contribution >= 0.6 is 23.1 Å². The van der Waals surface area contributed by atoms with E-state index in [0.717, 1.165) is 28.8 Å². The van der Waals surface area contributed by atoms with E-state index in [1.165, 1.54) is 33.0 Å². The number of benzene rings is 3. The Kier molecular flexibility index (Phi) is 10.8. The van der Waals surface area contributed by atoms with Crippen LogP contribution in [-0.2, 0) is 21.2 Å². The molecule has 1 N–H and O–H groups in total. The molecular weight excluding hydrogens is 729 g/mol. The molecule has 0 aliphatic carbocycles. The van der Waals surface area contributed by atoms with E-state index >= 15 is 0 Å². The maximum atomic E-state index is 13.4.